The van der Waals surface area contributed by atoms with Crippen molar-refractivity contribution in [2.45, 2.75) is 20.3 Å². The van der Waals surface area contributed by atoms with E-state index in [2.05, 4.69) is 0 Å². The normalized spacial score (nSPS) is 7.83. The molecule has 0 aromatic heterocycles. The fourth-order valence-corrected chi connectivity index (χ4v) is 0.694. The monoisotopic (exact) mass is 165 g/mol. The van der Waals surface area contributed by atoms with Crippen LogP contribution in [0.25, 0.3) is 0 Å². The van der Waals surface area contributed by atoms with Crippen molar-refractivity contribution >= 4 is 0 Å². The number of halogens is 1. The van der Waals surface area contributed by atoms with Crippen LogP contribution in [-0.4, -0.2) is 0 Å². The maximum Gasteiger partial charge on any atom is 0.123 e. The van der Waals surface area contributed by atoms with Crippen molar-refractivity contribution < 1.29 is 4.39 Å². The van der Waals surface area contributed by atoms with E-state index in [0.29, 0.717) is 6.42 Å². The molecule has 1 rings (SSSR count). The van der Waals surface area contributed by atoms with Crippen LogP contribution in [0.2, 0.25) is 0 Å². The minimum Gasteiger partial charge on any atom is -0.207 e. The zero-order chi connectivity index (χ0) is 9.40. The summed E-state index contributed by atoms with van der Waals surface area (Å²) >= 11 is 0. The van der Waals surface area contributed by atoms with Crippen LogP contribution in [0.3, 0.4) is 0 Å². The molecule has 64 valence electrons. The number of hydrogen-bond donors (Lipinski definition) is 0. The molecule has 0 saturated carbocycles. The molecule has 0 heterocycles. The molecule has 0 saturated heterocycles. The van der Waals surface area contributed by atoms with Gasteiger partial charge in [0, 0.05) is 0 Å². The van der Waals surface area contributed by atoms with Gasteiger partial charge in [0.05, 0.1) is 12.5 Å². The summed E-state index contributed by atoms with van der Waals surface area (Å²) in [6, 6.07) is 7.91. The Hall–Kier alpha value is -1.36. The van der Waals surface area contributed by atoms with Crippen molar-refractivity contribution in [3.63, 3.8) is 0 Å². The first-order valence-corrected chi connectivity index (χ1v) is 3.94. The Kier molecular flexibility index (Phi) is 5.64. The number of nitriles is 1. The summed E-state index contributed by atoms with van der Waals surface area (Å²) in [4.78, 5) is 0. The minimum atomic E-state index is -0.262. The van der Waals surface area contributed by atoms with Crippen LogP contribution < -0.4 is 0 Å². The van der Waals surface area contributed by atoms with E-state index in [1.54, 1.807) is 12.1 Å². The summed E-state index contributed by atoms with van der Waals surface area (Å²) < 4.78 is 12.2. The second kappa shape index (κ2) is 6.36. The van der Waals surface area contributed by atoms with Crippen LogP contribution in [-0.2, 0) is 6.42 Å². The van der Waals surface area contributed by atoms with Crippen molar-refractivity contribution in [2.24, 2.45) is 0 Å². The van der Waals surface area contributed by atoms with E-state index in [-0.39, 0.29) is 5.82 Å². The Morgan fingerprint density at radius 3 is 2.17 bits per heavy atom. The molecule has 0 aliphatic rings. The zero-order valence-electron chi connectivity index (χ0n) is 7.34. The molecule has 1 aromatic carbocycles. The lowest BCUT2D eigenvalue weighted by molar-refractivity contribution is 0.627. The first kappa shape index (κ1) is 10.6. The van der Waals surface area contributed by atoms with Crippen LogP contribution in [0.1, 0.15) is 19.4 Å². The Morgan fingerprint density at radius 1 is 1.25 bits per heavy atom. The summed E-state index contributed by atoms with van der Waals surface area (Å²) in [7, 11) is 0. The second-order valence-corrected chi connectivity index (χ2v) is 1.96. The molecule has 0 bridgehead atoms. The molecule has 2 heteroatoms. The molecule has 1 nitrogen and oxygen atoms in total. The average Bonchev–Trinajstić information content (AvgIpc) is 2.13. The fraction of sp³-hybridized carbons (Fsp3) is 0.300. The number of hydrogen-bond acceptors (Lipinski definition) is 1. The molecule has 0 aliphatic heterocycles. The molecule has 0 unspecified atom stereocenters. The van der Waals surface area contributed by atoms with Gasteiger partial charge in [0.1, 0.15) is 5.82 Å². The highest BCUT2D eigenvalue weighted by Gasteiger charge is 1.90. The van der Waals surface area contributed by atoms with Gasteiger partial charge in [0.25, 0.3) is 0 Å². The average molecular weight is 165 g/mol. The molecule has 0 fully saturated rings. The maximum absolute atomic E-state index is 12.2. The summed E-state index contributed by atoms with van der Waals surface area (Å²) in [6.45, 7) is 4.00. The summed E-state index contributed by atoms with van der Waals surface area (Å²) in [5, 5.41) is 8.25. The number of benzene rings is 1. The standard InChI is InChI=1S/C8H6FN.C2H6/c9-8-3-1-7(2-4-8)5-6-10;1-2/h1-4H,5H2;1-2H3. The quantitative estimate of drug-likeness (QED) is 0.627. The van der Waals surface area contributed by atoms with Gasteiger partial charge in [-0.2, -0.15) is 5.26 Å². The largest absolute Gasteiger partial charge is 0.207 e. The van der Waals surface area contributed by atoms with Gasteiger partial charge in [-0.25, -0.2) is 4.39 Å². The van der Waals surface area contributed by atoms with Crippen molar-refractivity contribution in [3.8, 4) is 6.07 Å². The second-order valence-electron chi connectivity index (χ2n) is 1.96. The van der Waals surface area contributed by atoms with E-state index in [9.17, 15) is 4.39 Å². The highest BCUT2D eigenvalue weighted by atomic mass is 19.1. The van der Waals surface area contributed by atoms with E-state index in [1.807, 2.05) is 19.9 Å². The van der Waals surface area contributed by atoms with E-state index < -0.39 is 0 Å². The third-order valence-electron chi connectivity index (χ3n) is 1.20. The van der Waals surface area contributed by atoms with Gasteiger partial charge in [0.15, 0.2) is 0 Å². The van der Waals surface area contributed by atoms with Crippen LogP contribution in [0.4, 0.5) is 4.39 Å². The fourth-order valence-electron chi connectivity index (χ4n) is 0.694. The van der Waals surface area contributed by atoms with Gasteiger partial charge < -0.3 is 0 Å². The molecule has 0 N–H and O–H groups in total. The van der Waals surface area contributed by atoms with Crippen LogP contribution >= 0.6 is 0 Å². The van der Waals surface area contributed by atoms with Crippen molar-refractivity contribution in [1.82, 2.24) is 0 Å². The predicted octanol–water partition coefficient (Wildman–Crippen LogP) is 2.92. The van der Waals surface area contributed by atoms with Crippen LogP contribution in [0.15, 0.2) is 24.3 Å². The lowest BCUT2D eigenvalue weighted by Crippen LogP contribution is -1.80. The third kappa shape index (κ3) is 3.72. The third-order valence-corrected chi connectivity index (χ3v) is 1.20. The Bertz CT molecular complexity index is 246. The van der Waals surface area contributed by atoms with Crippen molar-refractivity contribution in [3.05, 3.63) is 35.6 Å². The van der Waals surface area contributed by atoms with E-state index >= 15 is 0 Å². The van der Waals surface area contributed by atoms with Gasteiger partial charge in [-0.3, -0.25) is 0 Å². The van der Waals surface area contributed by atoms with Gasteiger partial charge in [-0.05, 0) is 17.7 Å². The van der Waals surface area contributed by atoms with Crippen molar-refractivity contribution in [1.29, 1.82) is 5.26 Å². The molecule has 0 amide bonds. The van der Waals surface area contributed by atoms with E-state index in [4.69, 9.17) is 5.26 Å². The Morgan fingerprint density at radius 2 is 1.75 bits per heavy atom. The predicted molar refractivity (Wildman–Crippen MR) is 47.1 cm³/mol. The number of nitrogens with zero attached hydrogens (tertiary/aromatic N) is 1. The van der Waals surface area contributed by atoms with E-state index in [0.717, 1.165) is 5.56 Å². The Balaban J connectivity index is 0.000000561. The molecule has 0 aliphatic carbocycles. The molecular weight excluding hydrogens is 153 g/mol. The van der Waals surface area contributed by atoms with Gasteiger partial charge in [-0.15, -0.1) is 0 Å². The highest BCUT2D eigenvalue weighted by Crippen LogP contribution is 2.01. The van der Waals surface area contributed by atoms with Gasteiger partial charge in [-0.1, -0.05) is 26.0 Å². The molecule has 0 spiro atoms. The summed E-state index contributed by atoms with van der Waals surface area (Å²) in [6.07, 6.45) is 0.347. The van der Waals surface area contributed by atoms with E-state index in [1.165, 1.54) is 12.1 Å². The topological polar surface area (TPSA) is 23.8 Å². The SMILES string of the molecule is CC.N#CCc1ccc(F)cc1. The molecule has 1 aromatic rings. The number of rotatable bonds is 1. The van der Waals surface area contributed by atoms with Crippen molar-refractivity contribution in [2.75, 3.05) is 0 Å². The molecule has 12 heavy (non-hydrogen) atoms. The van der Waals surface area contributed by atoms with Crippen LogP contribution in [0, 0.1) is 17.1 Å². The van der Waals surface area contributed by atoms with Gasteiger partial charge in [0.2, 0.25) is 0 Å². The zero-order valence-corrected chi connectivity index (χ0v) is 7.34. The first-order valence-electron chi connectivity index (χ1n) is 3.94. The lowest BCUT2D eigenvalue weighted by Gasteiger charge is -1.90. The maximum atomic E-state index is 12.2. The van der Waals surface area contributed by atoms with Crippen LogP contribution in [0.5, 0.6) is 0 Å². The minimum absolute atomic E-state index is 0.262. The summed E-state index contributed by atoms with van der Waals surface area (Å²) in [5.74, 6) is -0.262. The smallest absolute Gasteiger partial charge is 0.123 e. The Labute approximate surface area is 72.5 Å². The molecule has 0 radical (unpaired) electrons. The van der Waals surface area contributed by atoms with Gasteiger partial charge >= 0.3 is 0 Å². The molecule has 0 atom stereocenters. The first-order chi connectivity index (χ1) is 5.83. The highest BCUT2D eigenvalue weighted by molar-refractivity contribution is 5.18. The lowest BCUT2D eigenvalue weighted by atomic mass is 10.2. The molecular formula is C10H12FN. The summed E-state index contributed by atoms with van der Waals surface area (Å²) in [5.41, 5.74) is 0.851.